The van der Waals surface area contributed by atoms with Gasteiger partial charge in [-0.1, -0.05) is 59.1 Å². The van der Waals surface area contributed by atoms with Crippen molar-refractivity contribution in [1.82, 2.24) is 9.78 Å². The molecule has 3 aromatic carbocycles. The molecule has 4 aromatic rings. The molecular weight excluding hydrogens is 526 g/mol. The number of amides is 1. The summed E-state index contributed by atoms with van der Waals surface area (Å²) in [7, 11) is 0. The third kappa shape index (κ3) is 5.40. The molecule has 0 radical (unpaired) electrons. The van der Waals surface area contributed by atoms with Gasteiger partial charge in [-0.3, -0.25) is 4.79 Å². The van der Waals surface area contributed by atoms with Crippen LogP contribution in [0, 0.1) is 0 Å². The van der Waals surface area contributed by atoms with Crippen LogP contribution in [0.15, 0.2) is 66.7 Å². The summed E-state index contributed by atoms with van der Waals surface area (Å²) in [5.41, 5.74) is 6.11. The predicted molar refractivity (Wildman–Crippen MR) is 128 cm³/mol. The average molecular weight is 541 g/mol. The number of aromatic nitrogens is 2. The Bertz CT molecular complexity index is 1380. The van der Waals surface area contributed by atoms with Crippen LogP contribution in [0.1, 0.15) is 21.7 Å². The highest BCUT2D eigenvalue weighted by Gasteiger charge is 2.35. The molecule has 0 bridgehead atoms. The first kappa shape index (κ1) is 24.9. The topological polar surface area (TPSA) is 70.1 Å². The smallest absolute Gasteiger partial charge is 0.435 e. The Kier molecular flexibility index (Phi) is 6.98. The van der Waals surface area contributed by atoms with Crippen molar-refractivity contribution in [3.63, 3.8) is 0 Å². The molecular formula is C24H15Cl3F3N3O2. The Hall–Kier alpha value is -3.20. The van der Waals surface area contributed by atoms with Gasteiger partial charge in [0.2, 0.25) is 5.91 Å². The number of para-hydroxylation sites is 1. The van der Waals surface area contributed by atoms with Gasteiger partial charge in [0, 0.05) is 0 Å². The molecule has 0 unspecified atom stereocenters. The zero-order valence-electron chi connectivity index (χ0n) is 17.6. The van der Waals surface area contributed by atoms with Crippen molar-refractivity contribution in [2.45, 2.75) is 12.8 Å². The number of nitrogens with zero attached hydrogens (tertiary/aromatic N) is 2. The van der Waals surface area contributed by atoms with Crippen molar-refractivity contribution in [2.24, 2.45) is 5.73 Å². The Balaban J connectivity index is 1.60. The lowest BCUT2D eigenvalue weighted by Crippen LogP contribution is -2.11. The number of alkyl halides is 3. The lowest BCUT2D eigenvalue weighted by molar-refractivity contribution is -0.141. The minimum Gasteiger partial charge on any atom is -0.487 e. The number of carbonyl (C=O) groups is 1. The van der Waals surface area contributed by atoms with Crippen molar-refractivity contribution < 1.29 is 22.7 Å². The molecule has 5 nitrogen and oxygen atoms in total. The molecule has 35 heavy (non-hydrogen) atoms. The van der Waals surface area contributed by atoms with E-state index < -0.39 is 17.8 Å². The van der Waals surface area contributed by atoms with Crippen LogP contribution in [0.25, 0.3) is 16.8 Å². The molecule has 0 fully saturated rings. The molecule has 180 valence electrons. The highest BCUT2D eigenvalue weighted by molar-refractivity contribution is 6.37. The zero-order chi connectivity index (χ0) is 25.3. The highest BCUT2D eigenvalue weighted by Crippen LogP contribution is 2.34. The Morgan fingerprint density at radius 1 is 0.914 bits per heavy atom. The standard InChI is InChI=1S/C24H15Cl3F3N3O2/c25-18-9-6-14(10-17(18)23(31)34)13-4-7-16(8-5-13)35-12-15-11-21(24(28,29)30)32-33(15)22-19(26)2-1-3-20(22)27/h1-11H,12H2,(H2,31,34). The first-order chi connectivity index (χ1) is 16.5. The fraction of sp³-hybridized carbons (Fsp3) is 0.0833. The van der Waals surface area contributed by atoms with E-state index in [0.717, 1.165) is 16.3 Å². The van der Waals surface area contributed by atoms with Gasteiger partial charge in [-0.25, -0.2) is 4.68 Å². The van der Waals surface area contributed by atoms with Crippen molar-refractivity contribution >= 4 is 40.7 Å². The average Bonchev–Trinajstić information content (AvgIpc) is 3.22. The van der Waals surface area contributed by atoms with Gasteiger partial charge in [0.1, 0.15) is 18.0 Å². The van der Waals surface area contributed by atoms with Crippen LogP contribution in [-0.4, -0.2) is 15.7 Å². The fourth-order valence-corrected chi connectivity index (χ4v) is 4.11. The summed E-state index contributed by atoms with van der Waals surface area (Å²) in [4.78, 5) is 11.5. The van der Waals surface area contributed by atoms with Gasteiger partial charge in [0.15, 0.2) is 5.69 Å². The first-order valence-corrected chi connectivity index (χ1v) is 11.1. The number of nitrogens with two attached hydrogens (primary N) is 1. The summed E-state index contributed by atoms with van der Waals surface area (Å²) < 4.78 is 46.8. The van der Waals surface area contributed by atoms with Gasteiger partial charge in [-0.2, -0.15) is 18.3 Å². The second-order valence-corrected chi connectivity index (χ2v) is 8.59. The van der Waals surface area contributed by atoms with Crippen LogP contribution in [0.2, 0.25) is 15.1 Å². The van der Waals surface area contributed by atoms with Gasteiger partial charge in [0.25, 0.3) is 0 Å². The molecule has 0 aliphatic carbocycles. The molecule has 1 aromatic heterocycles. The second-order valence-electron chi connectivity index (χ2n) is 7.37. The van der Waals surface area contributed by atoms with Gasteiger partial charge >= 0.3 is 6.18 Å². The predicted octanol–water partition coefficient (Wildman–Crippen LogP) is 7.20. The molecule has 0 spiro atoms. The van der Waals surface area contributed by atoms with E-state index in [2.05, 4.69) is 5.10 Å². The van der Waals surface area contributed by atoms with E-state index in [1.54, 1.807) is 48.5 Å². The van der Waals surface area contributed by atoms with Gasteiger partial charge in [-0.05, 0) is 53.6 Å². The number of benzene rings is 3. The molecule has 4 rings (SSSR count). The van der Waals surface area contributed by atoms with E-state index in [-0.39, 0.29) is 38.6 Å². The monoisotopic (exact) mass is 539 g/mol. The summed E-state index contributed by atoms with van der Waals surface area (Å²) >= 11 is 18.4. The van der Waals surface area contributed by atoms with Crippen molar-refractivity contribution in [3.8, 4) is 22.6 Å². The Morgan fingerprint density at radius 3 is 2.14 bits per heavy atom. The summed E-state index contributed by atoms with van der Waals surface area (Å²) in [5, 5.41) is 4.18. The number of hydrogen-bond acceptors (Lipinski definition) is 3. The molecule has 0 atom stereocenters. The van der Waals surface area contributed by atoms with Crippen LogP contribution >= 0.6 is 34.8 Å². The van der Waals surface area contributed by atoms with Crippen LogP contribution in [0.4, 0.5) is 13.2 Å². The van der Waals surface area contributed by atoms with Gasteiger partial charge < -0.3 is 10.5 Å². The Morgan fingerprint density at radius 2 is 1.54 bits per heavy atom. The van der Waals surface area contributed by atoms with E-state index in [0.29, 0.717) is 11.3 Å². The highest BCUT2D eigenvalue weighted by atomic mass is 35.5. The molecule has 1 amide bonds. The summed E-state index contributed by atoms with van der Waals surface area (Å²) in [6.07, 6.45) is -4.67. The van der Waals surface area contributed by atoms with E-state index in [1.807, 2.05) is 0 Å². The quantitative estimate of drug-likeness (QED) is 0.281. The number of halogens is 6. The first-order valence-electron chi connectivity index (χ1n) is 9.97. The minimum absolute atomic E-state index is 0.0974. The zero-order valence-corrected chi connectivity index (χ0v) is 19.9. The van der Waals surface area contributed by atoms with E-state index in [4.69, 9.17) is 45.3 Å². The number of rotatable bonds is 6. The minimum atomic E-state index is -4.67. The number of primary amides is 1. The molecule has 1 heterocycles. The molecule has 0 saturated heterocycles. The number of ether oxygens (including phenoxy) is 1. The maximum absolute atomic E-state index is 13.4. The fourth-order valence-electron chi connectivity index (χ4n) is 3.34. The van der Waals surface area contributed by atoms with Crippen molar-refractivity contribution in [1.29, 1.82) is 0 Å². The van der Waals surface area contributed by atoms with E-state index >= 15 is 0 Å². The van der Waals surface area contributed by atoms with Crippen LogP contribution in [0.3, 0.4) is 0 Å². The van der Waals surface area contributed by atoms with Crippen LogP contribution in [0.5, 0.6) is 5.75 Å². The van der Waals surface area contributed by atoms with E-state index in [1.165, 1.54) is 12.1 Å². The second kappa shape index (κ2) is 9.81. The lowest BCUT2D eigenvalue weighted by atomic mass is 10.0. The molecule has 2 N–H and O–H groups in total. The third-order valence-electron chi connectivity index (χ3n) is 5.03. The number of hydrogen-bond donors (Lipinski definition) is 1. The maximum Gasteiger partial charge on any atom is 0.435 e. The molecule has 0 saturated carbocycles. The summed E-state index contributed by atoms with van der Waals surface area (Å²) in [5.74, 6) is -0.255. The third-order valence-corrected chi connectivity index (χ3v) is 5.97. The molecule has 0 aliphatic heterocycles. The van der Waals surface area contributed by atoms with Gasteiger partial charge in [-0.15, -0.1) is 0 Å². The molecule has 11 heteroatoms. The molecule has 0 aliphatic rings. The van der Waals surface area contributed by atoms with Crippen molar-refractivity contribution in [3.05, 3.63) is 98.7 Å². The van der Waals surface area contributed by atoms with Gasteiger partial charge in [0.05, 0.1) is 26.3 Å². The van der Waals surface area contributed by atoms with E-state index in [9.17, 15) is 18.0 Å². The summed E-state index contributed by atoms with van der Waals surface area (Å²) in [6, 6.07) is 17.1. The summed E-state index contributed by atoms with van der Waals surface area (Å²) in [6.45, 7) is -0.239. The van der Waals surface area contributed by atoms with Crippen LogP contribution < -0.4 is 10.5 Å². The van der Waals surface area contributed by atoms with Crippen molar-refractivity contribution in [2.75, 3.05) is 0 Å². The van der Waals surface area contributed by atoms with Crippen LogP contribution in [-0.2, 0) is 12.8 Å². The SMILES string of the molecule is NC(=O)c1cc(-c2ccc(OCc3cc(C(F)(F)F)nn3-c3c(Cl)cccc3Cl)cc2)ccc1Cl. The lowest BCUT2D eigenvalue weighted by Gasteiger charge is -2.12. The maximum atomic E-state index is 13.4. The normalized spacial score (nSPS) is 11.5. The Labute approximate surface area is 212 Å². The largest absolute Gasteiger partial charge is 0.487 e. The number of carbonyl (C=O) groups excluding carboxylic acids is 1.